The second kappa shape index (κ2) is 4.48. The van der Waals surface area contributed by atoms with E-state index in [1.165, 1.54) is 21.2 Å². The number of hydrogen-bond acceptors (Lipinski definition) is 0. The maximum absolute atomic E-state index is 5.23. The molecule has 0 saturated carbocycles. The minimum absolute atomic E-state index is 0.816. The van der Waals surface area contributed by atoms with Crippen LogP contribution in [0.15, 0.2) is 16.6 Å². The average molecular weight is 237 g/mol. The van der Waals surface area contributed by atoms with Crippen LogP contribution >= 0.6 is 15.9 Å². The first-order valence-corrected chi connectivity index (χ1v) is 5.14. The van der Waals surface area contributed by atoms with Gasteiger partial charge in [-0.1, -0.05) is 28.1 Å². The normalized spacial score (nSPS) is 9.69. The third-order valence-electron chi connectivity index (χ3n) is 2.23. The van der Waals surface area contributed by atoms with Gasteiger partial charge in [-0.15, -0.1) is 12.3 Å². The lowest BCUT2D eigenvalue weighted by Crippen LogP contribution is -1.91. The molecule has 0 heterocycles. The summed E-state index contributed by atoms with van der Waals surface area (Å²) in [5.74, 6) is 2.66. The van der Waals surface area contributed by atoms with E-state index in [2.05, 4.69) is 47.8 Å². The molecule has 0 aromatic heterocycles. The summed E-state index contributed by atoms with van der Waals surface area (Å²) in [6, 6.07) is 4.29. The summed E-state index contributed by atoms with van der Waals surface area (Å²) in [7, 11) is 0. The van der Waals surface area contributed by atoms with Gasteiger partial charge >= 0.3 is 0 Å². The molecule has 0 fully saturated rings. The van der Waals surface area contributed by atoms with Crippen molar-refractivity contribution in [3.8, 4) is 12.3 Å². The van der Waals surface area contributed by atoms with Crippen molar-refractivity contribution < 1.29 is 0 Å². The number of aryl methyl sites for hydroxylation is 2. The van der Waals surface area contributed by atoms with Gasteiger partial charge in [-0.25, -0.2) is 0 Å². The maximum atomic E-state index is 5.23. The molecule has 1 heteroatoms. The Labute approximate surface area is 88.5 Å². The first-order valence-electron chi connectivity index (χ1n) is 4.35. The predicted octanol–water partition coefficient (Wildman–Crippen LogP) is 3.63. The van der Waals surface area contributed by atoms with E-state index in [1.807, 2.05) is 0 Å². The Kier molecular flexibility index (Phi) is 3.57. The van der Waals surface area contributed by atoms with Gasteiger partial charge < -0.3 is 0 Å². The summed E-state index contributed by atoms with van der Waals surface area (Å²) in [6.07, 6.45) is 7.02. The average Bonchev–Trinajstić information content (AvgIpc) is 2.13. The minimum atomic E-state index is 0.816. The van der Waals surface area contributed by atoms with Crippen molar-refractivity contribution in [2.24, 2.45) is 0 Å². The summed E-state index contributed by atoms with van der Waals surface area (Å²) in [5.41, 5.74) is 3.94. The molecule has 68 valence electrons. The molecule has 0 nitrogen and oxygen atoms in total. The van der Waals surface area contributed by atoms with Crippen LogP contribution in [0.5, 0.6) is 0 Å². The van der Waals surface area contributed by atoms with Crippen molar-refractivity contribution >= 4 is 15.9 Å². The highest BCUT2D eigenvalue weighted by Gasteiger charge is 2.03. The van der Waals surface area contributed by atoms with E-state index in [0.717, 1.165) is 12.8 Å². The lowest BCUT2D eigenvalue weighted by molar-refractivity contribution is 1.01. The fourth-order valence-electron chi connectivity index (χ4n) is 1.34. The summed E-state index contributed by atoms with van der Waals surface area (Å²) in [4.78, 5) is 0. The van der Waals surface area contributed by atoms with E-state index in [1.54, 1.807) is 0 Å². The van der Waals surface area contributed by atoms with Gasteiger partial charge in [0, 0.05) is 10.9 Å². The molecule has 0 aliphatic rings. The van der Waals surface area contributed by atoms with E-state index in [4.69, 9.17) is 6.42 Å². The molecule has 0 N–H and O–H groups in total. The van der Waals surface area contributed by atoms with Crippen LogP contribution in [0.2, 0.25) is 0 Å². The standard InChI is InChI=1S/C12H13Br/c1-4-5-6-11-8-7-9(2)12(13)10(11)3/h1,7-8H,5-6H2,2-3H3. The van der Waals surface area contributed by atoms with Crippen molar-refractivity contribution in [1.82, 2.24) is 0 Å². The third-order valence-corrected chi connectivity index (χ3v) is 3.45. The van der Waals surface area contributed by atoms with Gasteiger partial charge in [0.15, 0.2) is 0 Å². The summed E-state index contributed by atoms with van der Waals surface area (Å²) < 4.78 is 1.21. The fraction of sp³-hybridized carbons (Fsp3) is 0.333. The minimum Gasteiger partial charge on any atom is -0.120 e. The van der Waals surface area contributed by atoms with E-state index in [-0.39, 0.29) is 0 Å². The van der Waals surface area contributed by atoms with Crippen LogP contribution in [-0.4, -0.2) is 0 Å². The van der Waals surface area contributed by atoms with Crippen LogP contribution in [0.25, 0.3) is 0 Å². The molecule has 1 aromatic carbocycles. The molecule has 1 aromatic rings. The number of hydrogen-bond donors (Lipinski definition) is 0. The van der Waals surface area contributed by atoms with E-state index < -0.39 is 0 Å². The summed E-state index contributed by atoms with van der Waals surface area (Å²) in [5, 5.41) is 0. The van der Waals surface area contributed by atoms with Crippen molar-refractivity contribution in [2.75, 3.05) is 0 Å². The van der Waals surface area contributed by atoms with Crippen LogP contribution in [0.3, 0.4) is 0 Å². The second-order valence-electron chi connectivity index (χ2n) is 3.18. The van der Waals surface area contributed by atoms with Crippen molar-refractivity contribution in [1.29, 1.82) is 0 Å². The van der Waals surface area contributed by atoms with Gasteiger partial charge in [0.1, 0.15) is 0 Å². The van der Waals surface area contributed by atoms with E-state index in [9.17, 15) is 0 Å². The molecule has 1 rings (SSSR count). The molecule has 0 aliphatic carbocycles. The fourth-order valence-corrected chi connectivity index (χ4v) is 1.72. The number of terminal acetylenes is 1. The molecule has 0 aliphatic heterocycles. The first kappa shape index (κ1) is 10.3. The predicted molar refractivity (Wildman–Crippen MR) is 60.8 cm³/mol. The lowest BCUT2D eigenvalue weighted by Gasteiger charge is -2.08. The Hall–Kier alpha value is -0.740. The Balaban J connectivity index is 2.98. The van der Waals surface area contributed by atoms with Gasteiger partial charge in [0.25, 0.3) is 0 Å². The first-order chi connectivity index (χ1) is 6.16. The number of benzene rings is 1. The molecular weight excluding hydrogens is 224 g/mol. The van der Waals surface area contributed by atoms with E-state index in [0.29, 0.717) is 0 Å². The topological polar surface area (TPSA) is 0 Å². The molecule has 0 amide bonds. The lowest BCUT2D eigenvalue weighted by atomic mass is 10.0. The molecule has 0 saturated heterocycles. The molecule has 13 heavy (non-hydrogen) atoms. The SMILES string of the molecule is C#CCCc1ccc(C)c(Br)c1C. The molecular formula is C12H13Br. The number of rotatable bonds is 2. The van der Waals surface area contributed by atoms with Crippen LogP contribution in [0, 0.1) is 26.2 Å². The second-order valence-corrected chi connectivity index (χ2v) is 3.98. The monoisotopic (exact) mass is 236 g/mol. The van der Waals surface area contributed by atoms with Crippen LogP contribution < -0.4 is 0 Å². The molecule has 0 spiro atoms. The Morgan fingerprint density at radius 2 is 2.08 bits per heavy atom. The van der Waals surface area contributed by atoms with Crippen molar-refractivity contribution in [3.63, 3.8) is 0 Å². The van der Waals surface area contributed by atoms with E-state index >= 15 is 0 Å². The highest BCUT2D eigenvalue weighted by molar-refractivity contribution is 9.10. The van der Waals surface area contributed by atoms with Crippen LogP contribution in [-0.2, 0) is 6.42 Å². The zero-order chi connectivity index (χ0) is 9.84. The summed E-state index contributed by atoms with van der Waals surface area (Å²) in [6.45, 7) is 4.23. The molecule has 0 radical (unpaired) electrons. The van der Waals surface area contributed by atoms with Gasteiger partial charge in [0.05, 0.1) is 0 Å². The van der Waals surface area contributed by atoms with Crippen LogP contribution in [0.4, 0.5) is 0 Å². The smallest absolute Gasteiger partial charge is 0.0236 e. The maximum Gasteiger partial charge on any atom is 0.0236 e. The number of halogens is 1. The largest absolute Gasteiger partial charge is 0.120 e. The summed E-state index contributed by atoms with van der Waals surface area (Å²) >= 11 is 3.57. The molecule has 0 bridgehead atoms. The van der Waals surface area contributed by atoms with Gasteiger partial charge in [-0.05, 0) is 37.0 Å². The molecule has 0 unspecified atom stereocenters. The zero-order valence-corrected chi connectivity index (χ0v) is 9.61. The quantitative estimate of drug-likeness (QED) is 0.689. The Morgan fingerprint density at radius 3 is 2.69 bits per heavy atom. The highest BCUT2D eigenvalue weighted by Crippen LogP contribution is 2.24. The molecule has 0 atom stereocenters. The Morgan fingerprint density at radius 1 is 1.38 bits per heavy atom. The Bertz CT molecular complexity index is 345. The zero-order valence-electron chi connectivity index (χ0n) is 8.02. The van der Waals surface area contributed by atoms with Gasteiger partial charge in [0.2, 0.25) is 0 Å². The highest BCUT2D eigenvalue weighted by atomic mass is 79.9. The van der Waals surface area contributed by atoms with Gasteiger partial charge in [-0.3, -0.25) is 0 Å². The van der Waals surface area contributed by atoms with Crippen LogP contribution in [0.1, 0.15) is 23.1 Å². The van der Waals surface area contributed by atoms with Gasteiger partial charge in [-0.2, -0.15) is 0 Å². The van der Waals surface area contributed by atoms with Crippen molar-refractivity contribution in [3.05, 3.63) is 33.3 Å². The third kappa shape index (κ3) is 2.35. The van der Waals surface area contributed by atoms with Crippen molar-refractivity contribution in [2.45, 2.75) is 26.7 Å².